The molecule has 1 aliphatic rings. The maximum atomic E-state index is 12.7. The molecule has 1 heterocycles. The Labute approximate surface area is 115 Å². The first-order chi connectivity index (χ1) is 9.01. The normalized spacial score (nSPS) is 14.6. The zero-order chi connectivity index (χ0) is 14.0. The number of rotatable bonds is 5. The second-order valence-electron chi connectivity index (χ2n) is 5.71. The van der Waals surface area contributed by atoms with E-state index in [2.05, 4.69) is 24.1 Å². The summed E-state index contributed by atoms with van der Waals surface area (Å²) in [5.74, 6) is 1.39. The molecule has 104 valence electrons. The van der Waals surface area contributed by atoms with Crippen LogP contribution in [0.2, 0.25) is 0 Å². The maximum Gasteiger partial charge on any atom is 0.254 e. The molecule has 2 rings (SSSR count). The predicted molar refractivity (Wildman–Crippen MR) is 77.4 cm³/mol. The van der Waals surface area contributed by atoms with Gasteiger partial charge in [0, 0.05) is 30.9 Å². The second kappa shape index (κ2) is 5.59. The number of hydrogen-bond acceptors (Lipinski definition) is 3. The first-order valence-electron chi connectivity index (χ1n) is 6.98. The van der Waals surface area contributed by atoms with E-state index in [1.165, 1.54) is 0 Å². The number of anilines is 1. The molecule has 1 saturated carbocycles. The van der Waals surface area contributed by atoms with Gasteiger partial charge in [-0.05, 0) is 37.8 Å². The smallest absolute Gasteiger partial charge is 0.254 e. The molecule has 0 saturated heterocycles. The van der Waals surface area contributed by atoms with E-state index in [1.54, 1.807) is 0 Å². The molecule has 19 heavy (non-hydrogen) atoms. The average Bonchev–Trinajstić information content (AvgIpc) is 3.18. The quantitative estimate of drug-likeness (QED) is 0.886. The van der Waals surface area contributed by atoms with Crippen molar-refractivity contribution < 1.29 is 4.79 Å². The Balaban J connectivity index is 2.23. The molecule has 0 radical (unpaired) electrons. The summed E-state index contributed by atoms with van der Waals surface area (Å²) in [6.07, 6.45) is 2.28. The molecule has 1 aliphatic carbocycles. The van der Waals surface area contributed by atoms with Crippen LogP contribution >= 0.6 is 0 Å². The molecule has 4 nitrogen and oxygen atoms in total. The summed E-state index contributed by atoms with van der Waals surface area (Å²) in [5.41, 5.74) is 1.61. The summed E-state index contributed by atoms with van der Waals surface area (Å²) < 4.78 is 0. The van der Waals surface area contributed by atoms with E-state index >= 15 is 0 Å². The van der Waals surface area contributed by atoms with Crippen molar-refractivity contribution in [3.8, 4) is 0 Å². The Morgan fingerprint density at radius 1 is 1.47 bits per heavy atom. The molecule has 0 atom stereocenters. The molecule has 0 aromatic carbocycles. The van der Waals surface area contributed by atoms with Crippen LogP contribution in [0, 0.1) is 12.8 Å². The Morgan fingerprint density at radius 3 is 2.68 bits per heavy atom. The van der Waals surface area contributed by atoms with E-state index in [1.807, 2.05) is 31.0 Å². The lowest BCUT2D eigenvalue weighted by Gasteiger charge is -2.24. The highest BCUT2D eigenvalue weighted by molar-refractivity contribution is 5.95. The zero-order valence-corrected chi connectivity index (χ0v) is 12.2. The van der Waals surface area contributed by atoms with Crippen LogP contribution in [0.3, 0.4) is 0 Å². The van der Waals surface area contributed by atoms with Gasteiger partial charge in [-0.1, -0.05) is 13.8 Å². The van der Waals surface area contributed by atoms with Crippen molar-refractivity contribution in [2.75, 3.05) is 18.9 Å². The predicted octanol–water partition coefficient (Wildman–Crippen LogP) is 2.69. The third kappa shape index (κ3) is 3.46. The molecule has 0 bridgehead atoms. The van der Waals surface area contributed by atoms with Gasteiger partial charge in [0.05, 0.1) is 0 Å². The summed E-state index contributed by atoms with van der Waals surface area (Å²) in [7, 11) is 1.82. The Bertz CT molecular complexity index is 466. The lowest BCUT2D eigenvalue weighted by molar-refractivity contribution is 0.0722. The molecule has 4 heteroatoms. The van der Waals surface area contributed by atoms with E-state index < -0.39 is 0 Å². The number of pyridine rings is 1. The van der Waals surface area contributed by atoms with E-state index in [4.69, 9.17) is 0 Å². The lowest BCUT2D eigenvalue weighted by atomic mass is 10.1. The first kappa shape index (κ1) is 13.8. The molecule has 0 aliphatic heterocycles. The van der Waals surface area contributed by atoms with Gasteiger partial charge in [-0.2, -0.15) is 0 Å². The molecule has 1 aromatic heterocycles. The van der Waals surface area contributed by atoms with Crippen molar-refractivity contribution in [1.29, 1.82) is 0 Å². The van der Waals surface area contributed by atoms with Crippen LogP contribution in [0.1, 0.15) is 42.7 Å². The van der Waals surface area contributed by atoms with Crippen LogP contribution < -0.4 is 5.32 Å². The van der Waals surface area contributed by atoms with Gasteiger partial charge in [-0.15, -0.1) is 0 Å². The number of carbonyl (C=O) groups is 1. The fourth-order valence-electron chi connectivity index (χ4n) is 2.26. The minimum Gasteiger partial charge on any atom is -0.373 e. The highest BCUT2D eigenvalue weighted by Crippen LogP contribution is 2.29. The Kier molecular flexibility index (Phi) is 4.08. The molecule has 0 spiro atoms. The van der Waals surface area contributed by atoms with Crippen molar-refractivity contribution in [3.63, 3.8) is 0 Å². The maximum absolute atomic E-state index is 12.7. The number of aryl methyl sites for hydroxylation is 1. The molecule has 1 amide bonds. The van der Waals surface area contributed by atoms with Crippen LogP contribution in [-0.2, 0) is 0 Å². The lowest BCUT2D eigenvalue weighted by Crippen LogP contribution is -2.36. The molecule has 1 fully saturated rings. The molecular formula is C15H23N3O. The zero-order valence-electron chi connectivity index (χ0n) is 12.2. The first-order valence-corrected chi connectivity index (χ1v) is 6.98. The second-order valence-corrected chi connectivity index (χ2v) is 5.71. The van der Waals surface area contributed by atoms with Gasteiger partial charge >= 0.3 is 0 Å². The fourth-order valence-corrected chi connectivity index (χ4v) is 2.26. The monoisotopic (exact) mass is 261 g/mol. The summed E-state index contributed by atoms with van der Waals surface area (Å²) in [5, 5.41) is 3.01. The van der Waals surface area contributed by atoms with Gasteiger partial charge in [0.25, 0.3) is 5.91 Å². The number of nitrogens with zero attached hydrogens (tertiary/aromatic N) is 2. The van der Waals surface area contributed by atoms with Crippen molar-refractivity contribution in [3.05, 3.63) is 23.4 Å². The van der Waals surface area contributed by atoms with Crippen molar-refractivity contribution in [1.82, 2.24) is 9.88 Å². The Hall–Kier alpha value is -1.58. The molecule has 1 aromatic rings. The van der Waals surface area contributed by atoms with Gasteiger partial charge in [-0.3, -0.25) is 4.79 Å². The van der Waals surface area contributed by atoms with Crippen molar-refractivity contribution in [2.45, 2.75) is 39.7 Å². The van der Waals surface area contributed by atoms with Gasteiger partial charge in [0.15, 0.2) is 0 Å². The van der Waals surface area contributed by atoms with Crippen molar-refractivity contribution >= 4 is 11.7 Å². The van der Waals surface area contributed by atoms with Crippen LogP contribution in [0.25, 0.3) is 0 Å². The topological polar surface area (TPSA) is 45.2 Å². The summed E-state index contributed by atoms with van der Waals surface area (Å²) in [6, 6.07) is 4.16. The molecule has 1 N–H and O–H groups in total. The fraction of sp³-hybridized carbons (Fsp3) is 0.600. The van der Waals surface area contributed by atoms with Crippen LogP contribution in [-0.4, -0.2) is 35.4 Å². The average molecular weight is 261 g/mol. The van der Waals surface area contributed by atoms with Crippen LogP contribution in [0.5, 0.6) is 0 Å². The highest BCUT2D eigenvalue weighted by Gasteiger charge is 2.33. The summed E-state index contributed by atoms with van der Waals surface area (Å²) in [4.78, 5) is 19.0. The number of aromatic nitrogens is 1. The Morgan fingerprint density at radius 2 is 2.16 bits per heavy atom. The number of carbonyl (C=O) groups excluding carboxylic acids is 1. The SMILES string of the molecule is CNc1cc(C(=O)N(CC(C)C)C2CC2)cc(C)n1. The molecular weight excluding hydrogens is 238 g/mol. The largest absolute Gasteiger partial charge is 0.373 e. The minimum atomic E-state index is 0.137. The van der Waals surface area contributed by atoms with Crippen molar-refractivity contribution in [2.24, 2.45) is 5.92 Å². The number of nitrogens with one attached hydrogen (secondary N) is 1. The van der Waals surface area contributed by atoms with E-state index in [0.29, 0.717) is 12.0 Å². The van der Waals surface area contributed by atoms with E-state index in [0.717, 1.165) is 36.5 Å². The van der Waals surface area contributed by atoms with Crippen LogP contribution in [0.15, 0.2) is 12.1 Å². The highest BCUT2D eigenvalue weighted by atomic mass is 16.2. The van der Waals surface area contributed by atoms with E-state index in [-0.39, 0.29) is 5.91 Å². The third-order valence-electron chi connectivity index (χ3n) is 3.27. The third-order valence-corrected chi connectivity index (χ3v) is 3.27. The van der Waals surface area contributed by atoms with Gasteiger partial charge in [-0.25, -0.2) is 4.98 Å². The standard InChI is InChI=1S/C15H23N3O/c1-10(2)9-18(13-5-6-13)15(19)12-7-11(3)17-14(8-12)16-4/h7-8,10,13H,5-6,9H2,1-4H3,(H,16,17). The van der Waals surface area contributed by atoms with Gasteiger partial charge < -0.3 is 10.2 Å². The molecule has 0 unspecified atom stereocenters. The van der Waals surface area contributed by atoms with Crippen LogP contribution in [0.4, 0.5) is 5.82 Å². The van der Waals surface area contributed by atoms with Gasteiger partial charge in [0.1, 0.15) is 5.82 Å². The summed E-state index contributed by atoms with van der Waals surface area (Å²) in [6.45, 7) is 7.06. The number of amides is 1. The van der Waals surface area contributed by atoms with Gasteiger partial charge in [0.2, 0.25) is 0 Å². The van der Waals surface area contributed by atoms with E-state index in [9.17, 15) is 4.79 Å². The summed E-state index contributed by atoms with van der Waals surface area (Å²) >= 11 is 0. The minimum absolute atomic E-state index is 0.137. The number of hydrogen-bond donors (Lipinski definition) is 1.